The van der Waals surface area contributed by atoms with E-state index in [9.17, 15) is 18.0 Å². The van der Waals surface area contributed by atoms with Gasteiger partial charge in [0.05, 0.1) is 16.4 Å². The smallest absolute Gasteiger partial charge is 0.246 e. The second-order valence-corrected chi connectivity index (χ2v) is 11.3. The Kier molecular flexibility index (Phi) is 5.75. The van der Waals surface area contributed by atoms with Gasteiger partial charge in [0.25, 0.3) is 0 Å². The first-order valence-corrected chi connectivity index (χ1v) is 12.7. The van der Waals surface area contributed by atoms with Crippen LogP contribution in [-0.2, 0) is 19.6 Å². The van der Waals surface area contributed by atoms with Crippen molar-refractivity contribution in [3.63, 3.8) is 0 Å². The molecule has 3 heterocycles. The molecule has 0 spiro atoms. The second-order valence-electron chi connectivity index (χ2n) is 7.90. The van der Waals surface area contributed by atoms with Crippen LogP contribution in [0, 0.1) is 0 Å². The Bertz CT molecular complexity index is 928. The number of ether oxygens (including phenoxy) is 1. The van der Waals surface area contributed by atoms with Crippen LogP contribution in [0.2, 0.25) is 0 Å². The normalized spacial score (nSPS) is 27.4. The highest BCUT2D eigenvalue weighted by Gasteiger charge is 2.53. The number of hydrogen-bond acceptors (Lipinski definition) is 6. The van der Waals surface area contributed by atoms with Crippen LogP contribution in [0.25, 0.3) is 0 Å². The first-order chi connectivity index (χ1) is 14.3. The van der Waals surface area contributed by atoms with Crippen molar-refractivity contribution < 1.29 is 22.7 Å². The third-order valence-corrected chi connectivity index (χ3v) is 9.47. The number of rotatable bonds is 5. The largest absolute Gasteiger partial charge is 0.494 e. The molecule has 3 aliphatic rings. The van der Waals surface area contributed by atoms with Gasteiger partial charge in [-0.2, -0.15) is 4.31 Å². The molecule has 3 saturated heterocycles. The van der Waals surface area contributed by atoms with Crippen molar-refractivity contribution in [2.24, 2.45) is 0 Å². The minimum Gasteiger partial charge on any atom is -0.494 e. The SMILES string of the molecule is CCOc1ccc(S(=O)(=O)N2CCN(C(=O)[C@H]3CS[C@@]4(C)CCC(=O)N34)CC2)cc1. The number of nitrogens with zero attached hydrogens (tertiary/aromatic N) is 3. The maximum atomic E-state index is 13.1. The summed E-state index contributed by atoms with van der Waals surface area (Å²) in [4.78, 5) is 28.8. The van der Waals surface area contributed by atoms with Gasteiger partial charge in [0.2, 0.25) is 21.8 Å². The van der Waals surface area contributed by atoms with Crippen molar-refractivity contribution in [2.75, 3.05) is 38.5 Å². The summed E-state index contributed by atoms with van der Waals surface area (Å²) in [6.45, 7) is 5.56. The van der Waals surface area contributed by atoms with Crippen molar-refractivity contribution in [1.29, 1.82) is 0 Å². The highest BCUT2D eigenvalue weighted by atomic mass is 32.2. The maximum absolute atomic E-state index is 13.1. The highest BCUT2D eigenvalue weighted by Crippen LogP contribution is 2.47. The van der Waals surface area contributed by atoms with Gasteiger partial charge < -0.3 is 14.5 Å². The Labute approximate surface area is 181 Å². The summed E-state index contributed by atoms with van der Waals surface area (Å²) in [7, 11) is -3.62. The molecule has 10 heteroatoms. The van der Waals surface area contributed by atoms with Crippen LogP contribution in [-0.4, -0.2) is 83.8 Å². The summed E-state index contributed by atoms with van der Waals surface area (Å²) >= 11 is 1.67. The summed E-state index contributed by atoms with van der Waals surface area (Å²) in [5.41, 5.74) is 0. The van der Waals surface area contributed by atoms with Gasteiger partial charge in [0, 0.05) is 38.4 Å². The molecule has 0 aliphatic carbocycles. The number of thioether (sulfide) groups is 1. The van der Waals surface area contributed by atoms with Crippen molar-refractivity contribution in [3.05, 3.63) is 24.3 Å². The molecule has 8 nitrogen and oxygen atoms in total. The zero-order valence-corrected chi connectivity index (χ0v) is 18.9. The summed E-state index contributed by atoms with van der Waals surface area (Å²) in [6, 6.07) is 5.96. The lowest BCUT2D eigenvalue weighted by Crippen LogP contribution is -2.56. The third kappa shape index (κ3) is 3.69. The molecule has 30 heavy (non-hydrogen) atoms. The summed E-state index contributed by atoms with van der Waals surface area (Å²) in [5, 5.41) is 0. The lowest BCUT2D eigenvalue weighted by molar-refractivity contribution is -0.144. The predicted octanol–water partition coefficient (Wildman–Crippen LogP) is 1.37. The molecular weight excluding hydrogens is 426 g/mol. The van der Waals surface area contributed by atoms with Gasteiger partial charge in [-0.15, -0.1) is 11.8 Å². The highest BCUT2D eigenvalue weighted by molar-refractivity contribution is 8.01. The van der Waals surface area contributed by atoms with E-state index in [1.807, 2.05) is 13.8 Å². The zero-order chi connectivity index (χ0) is 21.5. The topological polar surface area (TPSA) is 87.2 Å². The molecule has 4 rings (SSSR count). The van der Waals surface area contributed by atoms with E-state index in [0.29, 0.717) is 37.6 Å². The zero-order valence-electron chi connectivity index (χ0n) is 17.2. The fourth-order valence-electron chi connectivity index (χ4n) is 4.39. The number of benzene rings is 1. The number of carbonyl (C=O) groups is 2. The molecule has 2 atom stereocenters. The Hall–Kier alpha value is -1.78. The van der Waals surface area contributed by atoms with E-state index in [4.69, 9.17) is 4.74 Å². The van der Waals surface area contributed by atoms with Gasteiger partial charge in [0.1, 0.15) is 11.8 Å². The molecule has 0 N–H and O–H groups in total. The Morgan fingerprint density at radius 3 is 2.50 bits per heavy atom. The van der Waals surface area contributed by atoms with E-state index < -0.39 is 16.1 Å². The van der Waals surface area contributed by atoms with Gasteiger partial charge in [0.15, 0.2) is 0 Å². The standard InChI is InChI=1S/C20H27N3O5S2/c1-3-28-15-4-6-16(7-5-15)30(26,27)22-12-10-21(11-13-22)19(25)17-14-29-20(2)9-8-18(24)23(17)20/h4-7,17H,3,8-14H2,1-2H3/t17-,20+/m1/s1. The van der Waals surface area contributed by atoms with E-state index in [-0.39, 0.29) is 34.7 Å². The second kappa shape index (κ2) is 8.05. The van der Waals surface area contributed by atoms with E-state index >= 15 is 0 Å². The minimum absolute atomic E-state index is 0.0394. The van der Waals surface area contributed by atoms with Crippen LogP contribution in [0.15, 0.2) is 29.2 Å². The number of carbonyl (C=O) groups excluding carboxylic acids is 2. The van der Waals surface area contributed by atoms with Gasteiger partial charge in [-0.05, 0) is 44.5 Å². The van der Waals surface area contributed by atoms with E-state index in [0.717, 1.165) is 6.42 Å². The predicted molar refractivity (Wildman–Crippen MR) is 114 cm³/mol. The van der Waals surface area contributed by atoms with Crippen LogP contribution in [0.3, 0.4) is 0 Å². The number of hydrogen-bond donors (Lipinski definition) is 0. The number of amides is 2. The lowest BCUT2D eigenvalue weighted by Gasteiger charge is -2.37. The Balaban J connectivity index is 1.40. The van der Waals surface area contributed by atoms with E-state index in [1.165, 1.54) is 4.31 Å². The molecule has 0 saturated carbocycles. The van der Waals surface area contributed by atoms with E-state index in [2.05, 4.69) is 0 Å². The van der Waals surface area contributed by atoms with Gasteiger partial charge in [-0.25, -0.2) is 8.42 Å². The Morgan fingerprint density at radius 2 is 1.87 bits per heavy atom. The van der Waals surface area contributed by atoms with Gasteiger partial charge >= 0.3 is 0 Å². The monoisotopic (exact) mass is 453 g/mol. The van der Waals surface area contributed by atoms with Crippen molar-refractivity contribution in [1.82, 2.24) is 14.1 Å². The van der Waals surface area contributed by atoms with E-state index in [1.54, 1.807) is 45.8 Å². The summed E-state index contributed by atoms with van der Waals surface area (Å²) in [6.07, 6.45) is 1.26. The molecule has 0 bridgehead atoms. The van der Waals surface area contributed by atoms with Gasteiger partial charge in [-0.3, -0.25) is 9.59 Å². The van der Waals surface area contributed by atoms with Crippen molar-refractivity contribution in [3.8, 4) is 5.75 Å². The van der Waals surface area contributed by atoms with Crippen LogP contribution >= 0.6 is 11.8 Å². The van der Waals surface area contributed by atoms with Crippen molar-refractivity contribution in [2.45, 2.75) is 42.5 Å². The number of piperazine rings is 1. The number of fused-ring (bicyclic) bond motifs is 1. The fraction of sp³-hybridized carbons (Fsp3) is 0.600. The first-order valence-electron chi connectivity index (χ1n) is 10.2. The molecule has 2 amide bonds. The summed E-state index contributed by atoms with van der Waals surface area (Å²) in [5.74, 6) is 1.20. The minimum atomic E-state index is -3.62. The summed E-state index contributed by atoms with van der Waals surface area (Å²) < 4.78 is 32.7. The molecule has 0 radical (unpaired) electrons. The Morgan fingerprint density at radius 1 is 1.20 bits per heavy atom. The fourth-order valence-corrected chi connectivity index (χ4v) is 7.23. The molecule has 164 valence electrons. The maximum Gasteiger partial charge on any atom is 0.246 e. The van der Waals surface area contributed by atoms with Crippen LogP contribution in [0.1, 0.15) is 26.7 Å². The quantitative estimate of drug-likeness (QED) is 0.669. The van der Waals surface area contributed by atoms with Crippen molar-refractivity contribution >= 4 is 33.6 Å². The number of sulfonamides is 1. The molecule has 0 aromatic heterocycles. The molecule has 1 aromatic rings. The average Bonchev–Trinajstić information content (AvgIpc) is 3.24. The third-order valence-electron chi connectivity index (χ3n) is 6.05. The van der Waals surface area contributed by atoms with Crippen LogP contribution in [0.4, 0.5) is 0 Å². The molecule has 1 aromatic carbocycles. The first kappa shape index (κ1) is 21.5. The lowest BCUT2D eigenvalue weighted by atomic mass is 10.2. The molecule has 3 fully saturated rings. The van der Waals surface area contributed by atoms with Crippen LogP contribution < -0.4 is 4.74 Å². The van der Waals surface area contributed by atoms with Gasteiger partial charge in [-0.1, -0.05) is 0 Å². The molecular formula is C20H27N3O5S2. The average molecular weight is 454 g/mol. The van der Waals surface area contributed by atoms with Crippen LogP contribution in [0.5, 0.6) is 5.75 Å². The molecule has 3 aliphatic heterocycles. The molecule has 0 unspecified atom stereocenters.